The summed E-state index contributed by atoms with van der Waals surface area (Å²) in [6.45, 7) is 1.92. The predicted octanol–water partition coefficient (Wildman–Crippen LogP) is 2.49. The molecule has 0 saturated heterocycles. The van der Waals surface area contributed by atoms with Gasteiger partial charge in [0.2, 0.25) is 0 Å². The maximum Gasteiger partial charge on any atom is 0.341 e. The van der Waals surface area contributed by atoms with Crippen molar-refractivity contribution in [3.8, 4) is 11.4 Å². The highest BCUT2D eigenvalue weighted by atomic mass is 79.9. The first kappa shape index (κ1) is 12.5. The lowest BCUT2D eigenvalue weighted by molar-refractivity contribution is 0.0697. The molecule has 2 rings (SSSR count). The Morgan fingerprint density at radius 1 is 1.44 bits per heavy atom. The van der Waals surface area contributed by atoms with Crippen LogP contribution >= 0.6 is 15.9 Å². The normalized spacial score (nSPS) is 10.3. The highest BCUT2D eigenvalue weighted by Gasteiger charge is 2.12. The number of anilines is 1. The third-order valence-corrected chi connectivity index (χ3v) is 2.97. The molecule has 1 heterocycles. The summed E-state index contributed by atoms with van der Waals surface area (Å²) in [5.74, 6) is -0.746. The van der Waals surface area contributed by atoms with Gasteiger partial charge in [-0.2, -0.15) is 0 Å². The zero-order chi connectivity index (χ0) is 13.3. The number of benzene rings is 1. The average Bonchev–Trinajstić information content (AvgIpc) is 2.28. The summed E-state index contributed by atoms with van der Waals surface area (Å²) in [5, 5.41) is 8.85. The first-order chi connectivity index (χ1) is 8.49. The Hall–Kier alpha value is -1.95. The van der Waals surface area contributed by atoms with Crippen molar-refractivity contribution in [1.29, 1.82) is 0 Å². The molecule has 0 radical (unpaired) electrons. The van der Waals surface area contributed by atoms with E-state index in [0.717, 1.165) is 15.6 Å². The Balaban J connectivity index is 2.52. The number of nitrogens with two attached hydrogens (primary N) is 1. The van der Waals surface area contributed by atoms with Crippen LogP contribution in [0.5, 0.6) is 0 Å². The molecule has 0 spiro atoms. The van der Waals surface area contributed by atoms with Gasteiger partial charge in [0.25, 0.3) is 0 Å². The topological polar surface area (TPSA) is 89.1 Å². The van der Waals surface area contributed by atoms with Crippen molar-refractivity contribution < 1.29 is 9.90 Å². The molecule has 0 unspecified atom stereocenters. The number of aryl methyl sites for hydroxylation is 1. The summed E-state index contributed by atoms with van der Waals surface area (Å²) in [6.07, 6.45) is 1.22. The molecule has 0 amide bonds. The molecule has 6 heteroatoms. The standard InChI is InChI=1S/C12H10BrN3O2/c1-6-4-7(13)2-3-8(6)11-15-5-9(12(17)18)10(14)16-11/h2-5H,1H3,(H,17,18)(H2,14,15,16). The van der Waals surface area contributed by atoms with Crippen LogP contribution in [0.4, 0.5) is 5.82 Å². The second kappa shape index (κ2) is 4.73. The number of carboxylic acids is 1. The number of aromatic carboxylic acids is 1. The van der Waals surface area contributed by atoms with Crippen LogP contribution < -0.4 is 5.73 Å². The number of halogens is 1. The Bertz CT molecular complexity index is 629. The lowest BCUT2D eigenvalue weighted by atomic mass is 10.1. The van der Waals surface area contributed by atoms with Crippen LogP contribution in [0.2, 0.25) is 0 Å². The van der Waals surface area contributed by atoms with Crippen LogP contribution in [0, 0.1) is 6.92 Å². The van der Waals surface area contributed by atoms with Crippen molar-refractivity contribution in [2.45, 2.75) is 6.92 Å². The Morgan fingerprint density at radius 3 is 2.72 bits per heavy atom. The fraction of sp³-hybridized carbons (Fsp3) is 0.0833. The number of carboxylic acid groups (broad SMARTS) is 1. The maximum absolute atomic E-state index is 10.8. The zero-order valence-corrected chi connectivity index (χ0v) is 11.1. The van der Waals surface area contributed by atoms with Gasteiger partial charge in [-0.25, -0.2) is 14.8 Å². The molecule has 5 nitrogen and oxygen atoms in total. The van der Waals surface area contributed by atoms with Crippen molar-refractivity contribution in [3.05, 3.63) is 40.0 Å². The second-order valence-corrected chi connectivity index (χ2v) is 4.67. The first-order valence-corrected chi connectivity index (χ1v) is 5.90. The number of rotatable bonds is 2. The van der Waals surface area contributed by atoms with Crippen molar-refractivity contribution in [2.75, 3.05) is 5.73 Å². The van der Waals surface area contributed by atoms with Gasteiger partial charge in [-0.15, -0.1) is 0 Å². The van der Waals surface area contributed by atoms with Crippen molar-refractivity contribution in [3.63, 3.8) is 0 Å². The van der Waals surface area contributed by atoms with E-state index in [4.69, 9.17) is 10.8 Å². The van der Waals surface area contributed by atoms with Crippen LogP contribution in [0.25, 0.3) is 11.4 Å². The van der Waals surface area contributed by atoms with E-state index in [1.165, 1.54) is 6.20 Å². The summed E-state index contributed by atoms with van der Waals surface area (Å²) >= 11 is 3.37. The van der Waals surface area contributed by atoms with Crippen LogP contribution in [-0.2, 0) is 0 Å². The Kier molecular flexibility index (Phi) is 3.29. The van der Waals surface area contributed by atoms with Crippen molar-refractivity contribution in [2.24, 2.45) is 0 Å². The largest absolute Gasteiger partial charge is 0.477 e. The minimum Gasteiger partial charge on any atom is -0.477 e. The highest BCUT2D eigenvalue weighted by Crippen LogP contribution is 2.24. The molecule has 1 aromatic carbocycles. The number of nitrogen functional groups attached to an aromatic ring is 1. The predicted molar refractivity (Wildman–Crippen MR) is 71.3 cm³/mol. The molecule has 0 saturated carbocycles. The number of carbonyl (C=O) groups is 1. The van der Waals surface area contributed by atoms with E-state index >= 15 is 0 Å². The third kappa shape index (κ3) is 2.33. The van der Waals surface area contributed by atoms with Gasteiger partial charge in [0.15, 0.2) is 5.82 Å². The molecule has 2 aromatic rings. The summed E-state index contributed by atoms with van der Waals surface area (Å²) in [7, 11) is 0. The minimum atomic E-state index is -1.13. The highest BCUT2D eigenvalue weighted by molar-refractivity contribution is 9.10. The first-order valence-electron chi connectivity index (χ1n) is 5.11. The van der Waals surface area contributed by atoms with E-state index in [-0.39, 0.29) is 11.4 Å². The number of nitrogens with zero attached hydrogens (tertiary/aromatic N) is 2. The van der Waals surface area contributed by atoms with Gasteiger partial charge in [-0.05, 0) is 30.7 Å². The third-order valence-electron chi connectivity index (χ3n) is 2.48. The second-order valence-electron chi connectivity index (χ2n) is 3.76. The van der Waals surface area contributed by atoms with Gasteiger partial charge in [0, 0.05) is 16.2 Å². The van der Waals surface area contributed by atoms with Crippen molar-refractivity contribution in [1.82, 2.24) is 9.97 Å². The van der Waals surface area contributed by atoms with E-state index < -0.39 is 5.97 Å². The molecule has 1 aromatic heterocycles. The minimum absolute atomic E-state index is 0.0326. The van der Waals surface area contributed by atoms with E-state index in [2.05, 4.69) is 25.9 Å². The van der Waals surface area contributed by atoms with Crippen LogP contribution in [0.15, 0.2) is 28.9 Å². The van der Waals surface area contributed by atoms with Crippen molar-refractivity contribution >= 4 is 27.7 Å². The SMILES string of the molecule is Cc1cc(Br)ccc1-c1ncc(C(=O)O)c(N)n1. The Labute approximate surface area is 112 Å². The molecule has 0 aliphatic carbocycles. The monoisotopic (exact) mass is 307 g/mol. The van der Waals surface area contributed by atoms with Gasteiger partial charge in [-0.1, -0.05) is 15.9 Å². The van der Waals surface area contributed by atoms with E-state index in [1.54, 1.807) is 0 Å². The fourth-order valence-corrected chi connectivity index (χ4v) is 2.04. The molecule has 3 N–H and O–H groups in total. The molecule has 0 aliphatic rings. The lowest BCUT2D eigenvalue weighted by Crippen LogP contribution is -2.07. The molecular weight excluding hydrogens is 298 g/mol. The average molecular weight is 308 g/mol. The summed E-state index contributed by atoms with van der Waals surface area (Å²) in [6, 6.07) is 5.65. The maximum atomic E-state index is 10.8. The molecule has 0 atom stereocenters. The smallest absolute Gasteiger partial charge is 0.341 e. The zero-order valence-electron chi connectivity index (χ0n) is 9.51. The van der Waals surface area contributed by atoms with E-state index in [0.29, 0.717) is 5.82 Å². The number of aromatic nitrogens is 2. The lowest BCUT2D eigenvalue weighted by Gasteiger charge is -2.06. The Morgan fingerprint density at radius 2 is 2.17 bits per heavy atom. The molecular formula is C12H10BrN3O2. The van der Waals surface area contributed by atoms with Gasteiger partial charge in [0.1, 0.15) is 11.4 Å². The van der Waals surface area contributed by atoms with Gasteiger partial charge in [0.05, 0.1) is 0 Å². The van der Waals surface area contributed by atoms with Gasteiger partial charge in [-0.3, -0.25) is 0 Å². The van der Waals surface area contributed by atoms with Crippen LogP contribution in [0.1, 0.15) is 15.9 Å². The van der Waals surface area contributed by atoms with Crippen LogP contribution in [0.3, 0.4) is 0 Å². The number of hydrogen-bond acceptors (Lipinski definition) is 4. The van der Waals surface area contributed by atoms with Gasteiger partial charge < -0.3 is 10.8 Å². The molecule has 0 aliphatic heterocycles. The summed E-state index contributed by atoms with van der Waals surface area (Å²) in [4.78, 5) is 18.9. The fourth-order valence-electron chi connectivity index (χ4n) is 1.57. The molecule has 0 fully saturated rings. The number of hydrogen-bond donors (Lipinski definition) is 2. The van der Waals surface area contributed by atoms with Crippen LogP contribution in [-0.4, -0.2) is 21.0 Å². The van der Waals surface area contributed by atoms with Gasteiger partial charge >= 0.3 is 5.97 Å². The molecule has 92 valence electrons. The summed E-state index contributed by atoms with van der Waals surface area (Å²) in [5.41, 5.74) is 7.31. The molecule has 0 bridgehead atoms. The van der Waals surface area contributed by atoms with E-state index in [9.17, 15) is 4.79 Å². The molecule has 18 heavy (non-hydrogen) atoms. The quantitative estimate of drug-likeness (QED) is 0.889. The summed E-state index contributed by atoms with van der Waals surface area (Å²) < 4.78 is 0.957. The van der Waals surface area contributed by atoms with E-state index in [1.807, 2.05) is 25.1 Å².